The molecule has 1 fully saturated rings. The molecule has 3 nitrogen and oxygen atoms in total. The van der Waals surface area contributed by atoms with Crippen molar-refractivity contribution >= 4 is 39.9 Å². The second-order valence-electron chi connectivity index (χ2n) is 4.24. The monoisotopic (exact) mass is 336 g/mol. The van der Waals surface area contributed by atoms with Gasteiger partial charge in [-0.1, -0.05) is 15.9 Å². The summed E-state index contributed by atoms with van der Waals surface area (Å²) in [5, 5.41) is 5.80. The van der Waals surface area contributed by atoms with Crippen molar-refractivity contribution in [2.45, 2.75) is 12.8 Å². The molecule has 0 aliphatic carbocycles. The Hall–Kier alpha value is -0.650. The van der Waals surface area contributed by atoms with Gasteiger partial charge in [0.2, 0.25) is 5.91 Å². The van der Waals surface area contributed by atoms with Gasteiger partial charge in [-0.3, -0.25) is 4.79 Å². The maximum absolute atomic E-state index is 13.5. The van der Waals surface area contributed by atoms with Crippen molar-refractivity contribution in [3.63, 3.8) is 0 Å². The van der Waals surface area contributed by atoms with Crippen molar-refractivity contribution in [1.82, 2.24) is 5.32 Å². The van der Waals surface area contributed by atoms with Crippen LogP contribution in [0.3, 0.4) is 0 Å². The first-order valence-electron chi connectivity index (χ1n) is 5.61. The number of carbonyl (C=O) groups excluding carboxylic acids is 1. The maximum atomic E-state index is 13.5. The van der Waals surface area contributed by atoms with E-state index in [9.17, 15) is 9.18 Å². The topological polar surface area (TPSA) is 41.1 Å². The van der Waals surface area contributed by atoms with Gasteiger partial charge in [-0.15, -0.1) is 12.4 Å². The minimum atomic E-state index is -0.419. The summed E-state index contributed by atoms with van der Waals surface area (Å²) in [6.45, 7) is 1.83. The molecule has 0 aromatic heterocycles. The van der Waals surface area contributed by atoms with Gasteiger partial charge in [-0.25, -0.2) is 4.39 Å². The van der Waals surface area contributed by atoms with Crippen molar-refractivity contribution in [3.8, 4) is 0 Å². The van der Waals surface area contributed by atoms with Crippen LogP contribution in [0.25, 0.3) is 0 Å². The van der Waals surface area contributed by atoms with Crippen molar-refractivity contribution < 1.29 is 9.18 Å². The molecule has 1 heterocycles. The van der Waals surface area contributed by atoms with Crippen LogP contribution >= 0.6 is 28.3 Å². The van der Waals surface area contributed by atoms with E-state index in [0.29, 0.717) is 16.8 Å². The van der Waals surface area contributed by atoms with Gasteiger partial charge in [0.15, 0.2) is 0 Å². The summed E-state index contributed by atoms with van der Waals surface area (Å²) in [7, 11) is 0. The van der Waals surface area contributed by atoms with Crippen molar-refractivity contribution in [3.05, 3.63) is 28.5 Å². The third-order valence-electron chi connectivity index (χ3n) is 2.84. The Morgan fingerprint density at radius 2 is 2.33 bits per heavy atom. The van der Waals surface area contributed by atoms with Crippen LogP contribution in [0.15, 0.2) is 22.7 Å². The molecule has 1 unspecified atom stereocenters. The van der Waals surface area contributed by atoms with E-state index in [4.69, 9.17) is 0 Å². The van der Waals surface area contributed by atoms with E-state index >= 15 is 0 Å². The van der Waals surface area contributed by atoms with Crippen LogP contribution in [0.1, 0.15) is 12.8 Å². The Morgan fingerprint density at radius 3 is 2.94 bits per heavy atom. The summed E-state index contributed by atoms with van der Waals surface area (Å²) < 4.78 is 14.1. The molecule has 1 aliphatic rings. The largest absolute Gasteiger partial charge is 0.324 e. The summed E-state index contributed by atoms with van der Waals surface area (Å²) in [6.07, 6.45) is 1.46. The highest BCUT2D eigenvalue weighted by Crippen LogP contribution is 2.20. The number of anilines is 1. The summed E-state index contributed by atoms with van der Waals surface area (Å²) in [5.74, 6) is -0.175. The van der Waals surface area contributed by atoms with Gasteiger partial charge in [0, 0.05) is 10.9 Å². The molecule has 100 valence electrons. The molecular weight excluding hydrogens is 323 g/mol. The first kappa shape index (κ1) is 15.4. The van der Waals surface area contributed by atoms with Crippen LogP contribution in [-0.2, 0) is 4.79 Å². The van der Waals surface area contributed by atoms with Crippen molar-refractivity contribution in [2.24, 2.45) is 5.92 Å². The standard InChI is InChI=1S/C12H14BrFN2O.ClH/c13-9-1-2-11(10(14)6-9)16-12(17)5-8-3-4-15-7-8;/h1-2,6,8,15H,3-5,7H2,(H,16,17);1H. The fraction of sp³-hybridized carbons (Fsp3) is 0.417. The minimum Gasteiger partial charge on any atom is -0.324 e. The van der Waals surface area contributed by atoms with Crippen molar-refractivity contribution in [2.75, 3.05) is 18.4 Å². The number of amides is 1. The molecule has 2 rings (SSSR count). The van der Waals surface area contributed by atoms with Crippen LogP contribution in [-0.4, -0.2) is 19.0 Å². The van der Waals surface area contributed by atoms with Crippen LogP contribution in [0, 0.1) is 11.7 Å². The van der Waals surface area contributed by atoms with Crippen LogP contribution in [0.5, 0.6) is 0 Å². The second kappa shape index (κ2) is 7.07. The first-order valence-corrected chi connectivity index (χ1v) is 6.40. The van der Waals surface area contributed by atoms with E-state index in [1.807, 2.05) is 0 Å². The Balaban J connectivity index is 0.00000162. The second-order valence-corrected chi connectivity index (χ2v) is 5.15. The number of benzene rings is 1. The lowest BCUT2D eigenvalue weighted by molar-refractivity contribution is -0.117. The molecule has 1 aromatic carbocycles. The molecule has 0 spiro atoms. The summed E-state index contributed by atoms with van der Waals surface area (Å²) >= 11 is 3.17. The normalized spacial score (nSPS) is 18.2. The summed E-state index contributed by atoms with van der Waals surface area (Å²) in [6, 6.07) is 4.60. The van der Waals surface area contributed by atoms with E-state index in [0.717, 1.165) is 19.5 Å². The molecule has 1 aliphatic heterocycles. The molecule has 1 amide bonds. The fourth-order valence-corrected chi connectivity index (χ4v) is 2.28. The number of hydrogen-bond donors (Lipinski definition) is 2. The summed E-state index contributed by atoms with van der Waals surface area (Å²) in [4.78, 5) is 11.7. The number of rotatable bonds is 3. The molecular formula is C12H15BrClFN2O. The van der Waals surface area contributed by atoms with Crippen LogP contribution < -0.4 is 10.6 Å². The Morgan fingerprint density at radius 1 is 1.56 bits per heavy atom. The smallest absolute Gasteiger partial charge is 0.224 e. The minimum absolute atomic E-state index is 0. The number of halogens is 3. The molecule has 0 bridgehead atoms. The van der Waals surface area contributed by atoms with E-state index in [2.05, 4.69) is 26.6 Å². The highest BCUT2D eigenvalue weighted by molar-refractivity contribution is 9.10. The quantitative estimate of drug-likeness (QED) is 0.890. The first-order chi connectivity index (χ1) is 8.15. The number of nitrogens with one attached hydrogen (secondary N) is 2. The van der Waals surface area contributed by atoms with E-state index in [1.165, 1.54) is 6.07 Å². The summed E-state index contributed by atoms with van der Waals surface area (Å²) in [5.41, 5.74) is 0.240. The maximum Gasteiger partial charge on any atom is 0.224 e. The zero-order chi connectivity index (χ0) is 12.3. The van der Waals surface area contributed by atoms with Gasteiger partial charge < -0.3 is 10.6 Å². The number of hydrogen-bond acceptors (Lipinski definition) is 2. The van der Waals surface area contributed by atoms with E-state index in [1.54, 1.807) is 12.1 Å². The van der Waals surface area contributed by atoms with E-state index in [-0.39, 0.29) is 24.0 Å². The molecule has 6 heteroatoms. The Bertz CT molecular complexity index is 425. The average molecular weight is 338 g/mol. The molecule has 1 atom stereocenters. The zero-order valence-corrected chi connectivity index (χ0v) is 12.1. The third kappa shape index (κ3) is 4.23. The highest BCUT2D eigenvalue weighted by atomic mass is 79.9. The predicted octanol–water partition coefficient (Wildman–Crippen LogP) is 2.95. The van der Waals surface area contributed by atoms with Gasteiger partial charge in [0.05, 0.1) is 5.69 Å². The van der Waals surface area contributed by atoms with Crippen LogP contribution in [0.2, 0.25) is 0 Å². The molecule has 18 heavy (non-hydrogen) atoms. The lowest BCUT2D eigenvalue weighted by Crippen LogP contribution is -2.18. The van der Waals surface area contributed by atoms with Gasteiger partial charge in [-0.05, 0) is 43.6 Å². The predicted molar refractivity (Wildman–Crippen MR) is 75.6 cm³/mol. The SMILES string of the molecule is Cl.O=C(CC1CCNC1)Nc1ccc(Br)cc1F. The molecule has 2 N–H and O–H groups in total. The molecule has 0 saturated carbocycles. The van der Waals surface area contributed by atoms with Gasteiger partial charge in [0.25, 0.3) is 0 Å². The lowest BCUT2D eigenvalue weighted by atomic mass is 10.0. The molecule has 0 radical (unpaired) electrons. The van der Waals surface area contributed by atoms with Gasteiger partial charge >= 0.3 is 0 Å². The zero-order valence-electron chi connectivity index (χ0n) is 9.71. The Labute approximate surface area is 120 Å². The molecule has 1 aromatic rings. The Kier molecular flexibility index (Phi) is 6.05. The van der Waals surface area contributed by atoms with Gasteiger partial charge in [-0.2, -0.15) is 0 Å². The van der Waals surface area contributed by atoms with Gasteiger partial charge in [0.1, 0.15) is 5.82 Å². The van der Waals surface area contributed by atoms with E-state index < -0.39 is 5.82 Å². The molecule has 1 saturated heterocycles. The average Bonchev–Trinajstić information content (AvgIpc) is 2.75. The number of carbonyl (C=O) groups is 1. The third-order valence-corrected chi connectivity index (χ3v) is 3.33. The van der Waals surface area contributed by atoms with Crippen LogP contribution in [0.4, 0.5) is 10.1 Å². The highest BCUT2D eigenvalue weighted by Gasteiger charge is 2.18. The fourth-order valence-electron chi connectivity index (χ4n) is 1.94. The van der Waals surface area contributed by atoms with Crippen molar-refractivity contribution in [1.29, 1.82) is 0 Å². The lowest BCUT2D eigenvalue weighted by Gasteiger charge is -2.09.